The van der Waals surface area contributed by atoms with Gasteiger partial charge in [-0.1, -0.05) is 53.8 Å². The minimum absolute atomic E-state index is 0.219. The van der Waals surface area contributed by atoms with Crippen LogP contribution >= 0.6 is 22.7 Å². The van der Waals surface area contributed by atoms with Crippen molar-refractivity contribution in [2.24, 2.45) is 4.99 Å². The molecule has 5 rings (SSSR count). The van der Waals surface area contributed by atoms with E-state index in [1.807, 2.05) is 79.0 Å². The summed E-state index contributed by atoms with van der Waals surface area (Å²) < 4.78 is 19.0. The van der Waals surface area contributed by atoms with E-state index in [1.165, 1.54) is 29.8 Å². The molecule has 1 aliphatic rings. The predicted octanol–water partition coefficient (Wildman–Crippen LogP) is 4.45. The van der Waals surface area contributed by atoms with Crippen LogP contribution in [-0.2, 0) is 16.1 Å². The van der Waals surface area contributed by atoms with Gasteiger partial charge in [-0.05, 0) is 54.6 Å². The molecule has 9 heteroatoms. The monoisotopic (exact) mass is 546 g/mol. The van der Waals surface area contributed by atoms with Crippen molar-refractivity contribution in [1.82, 2.24) is 4.57 Å². The molecule has 1 atom stereocenters. The normalized spacial score (nSPS) is 15.1. The van der Waals surface area contributed by atoms with Gasteiger partial charge in [-0.25, -0.2) is 9.79 Å². The lowest BCUT2D eigenvalue weighted by atomic mass is 10.0. The van der Waals surface area contributed by atoms with E-state index in [9.17, 15) is 9.59 Å². The van der Waals surface area contributed by atoms with Crippen molar-refractivity contribution in [1.29, 1.82) is 0 Å². The second-order valence-corrected chi connectivity index (χ2v) is 10.5. The summed E-state index contributed by atoms with van der Waals surface area (Å²) in [5.74, 6) is 0.738. The van der Waals surface area contributed by atoms with Crippen LogP contribution in [0.3, 0.4) is 0 Å². The molecule has 38 heavy (non-hydrogen) atoms. The maximum atomic E-state index is 13.7. The summed E-state index contributed by atoms with van der Waals surface area (Å²) in [6.07, 6.45) is 1.82. The van der Waals surface area contributed by atoms with Gasteiger partial charge in [0.25, 0.3) is 5.56 Å². The molecular weight excluding hydrogens is 520 g/mol. The van der Waals surface area contributed by atoms with Crippen LogP contribution in [0.25, 0.3) is 6.08 Å². The van der Waals surface area contributed by atoms with Crippen molar-refractivity contribution < 1.29 is 19.0 Å². The molecule has 7 nitrogen and oxygen atoms in total. The van der Waals surface area contributed by atoms with Gasteiger partial charge in [0.2, 0.25) is 0 Å². The molecule has 0 N–H and O–H groups in total. The van der Waals surface area contributed by atoms with Crippen LogP contribution in [0.15, 0.2) is 87.1 Å². The molecule has 0 amide bonds. The average Bonchev–Trinajstić information content (AvgIpc) is 3.56. The first kappa shape index (κ1) is 25.7. The summed E-state index contributed by atoms with van der Waals surface area (Å²) >= 11 is 2.77. The zero-order valence-electron chi connectivity index (χ0n) is 21.2. The Hall–Kier alpha value is -3.95. The number of hydrogen-bond donors (Lipinski definition) is 0. The number of nitrogens with zero attached hydrogens (tertiary/aromatic N) is 2. The number of thiophene rings is 1. The summed E-state index contributed by atoms with van der Waals surface area (Å²) in [4.78, 5) is 32.4. The number of fused-ring (bicyclic) bond motifs is 1. The number of rotatable bonds is 8. The quantitative estimate of drug-likeness (QED) is 0.305. The van der Waals surface area contributed by atoms with Gasteiger partial charge in [0.15, 0.2) is 16.3 Å². The summed E-state index contributed by atoms with van der Waals surface area (Å²) in [6, 6.07) is 18.8. The maximum Gasteiger partial charge on any atom is 0.338 e. The number of benzene rings is 2. The Bertz CT molecular complexity index is 1670. The highest BCUT2D eigenvalue weighted by Crippen LogP contribution is 2.33. The van der Waals surface area contributed by atoms with Crippen molar-refractivity contribution in [2.75, 3.05) is 13.7 Å². The number of esters is 1. The molecule has 2 aromatic heterocycles. The van der Waals surface area contributed by atoms with Crippen LogP contribution in [0.1, 0.15) is 35.9 Å². The van der Waals surface area contributed by atoms with Crippen molar-refractivity contribution in [3.63, 3.8) is 0 Å². The Balaban J connectivity index is 1.54. The van der Waals surface area contributed by atoms with E-state index in [1.54, 1.807) is 11.5 Å². The second-order valence-electron chi connectivity index (χ2n) is 8.50. The third-order valence-corrected chi connectivity index (χ3v) is 7.95. The fourth-order valence-corrected chi connectivity index (χ4v) is 6.17. The van der Waals surface area contributed by atoms with Gasteiger partial charge in [-0.15, -0.1) is 11.3 Å². The lowest BCUT2D eigenvalue weighted by Gasteiger charge is -2.22. The predicted molar refractivity (Wildman–Crippen MR) is 148 cm³/mol. The van der Waals surface area contributed by atoms with E-state index in [2.05, 4.69) is 4.99 Å². The van der Waals surface area contributed by atoms with Crippen LogP contribution < -0.4 is 24.4 Å². The third-order valence-electron chi connectivity index (χ3n) is 6.04. The maximum absolute atomic E-state index is 13.7. The van der Waals surface area contributed by atoms with E-state index >= 15 is 0 Å². The zero-order valence-corrected chi connectivity index (χ0v) is 22.8. The molecule has 0 fully saturated rings. The van der Waals surface area contributed by atoms with E-state index in [-0.39, 0.29) is 5.56 Å². The first-order valence-corrected chi connectivity index (χ1v) is 13.8. The molecule has 2 aromatic carbocycles. The van der Waals surface area contributed by atoms with Crippen LogP contribution in [0.5, 0.6) is 11.5 Å². The van der Waals surface area contributed by atoms with Crippen molar-refractivity contribution in [2.45, 2.75) is 26.5 Å². The highest BCUT2D eigenvalue weighted by molar-refractivity contribution is 7.10. The summed E-state index contributed by atoms with van der Waals surface area (Å²) in [7, 11) is 1.34. The Morgan fingerprint density at radius 2 is 1.89 bits per heavy atom. The number of thiazole rings is 1. The number of methoxy groups -OCH3 is 1. The second kappa shape index (κ2) is 11.2. The van der Waals surface area contributed by atoms with E-state index in [0.717, 1.165) is 16.0 Å². The highest BCUT2D eigenvalue weighted by atomic mass is 32.1. The highest BCUT2D eigenvalue weighted by Gasteiger charge is 2.33. The van der Waals surface area contributed by atoms with E-state index in [0.29, 0.717) is 45.3 Å². The fourth-order valence-electron chi connectivity index (χ4n) is 4.30. The van der Waals surface area contributed by atoms with Crippen LogP contribution in [0.4, 0.5) is 0 Å². The Morgan fingerprint density at radius 3 is 2.61 bits per heavy atom. The molecule has 0 saturated heterocycles. The molecule has 0 saturated carbocycles. The lowest BCUT2D eigenvalue weighted by molar-refractivity contribution is -0.136. The SMILES string of the molecule is CCOc1cc(C=c2sc3n(c2=O)C(c2cccs2)C(C(=O)OC)=C(C)N=3)ccc1OCc1ccccc1. The fraction of sp³-hybridized carbons (Fsp3) is 0.207. The molecule has 3 heterocycles. The van der Waals surface area contributed by atoms with Gasteiger partial charge >= 0.3 is 5.97 Å². The Morgan fingerprint density at radius 1 is 1.08 bits per heavy atom. The van der Waals surface area contributed by atoms with Crippen molar-refractivity contribution in [3.05, 3.63) is 113 Å². The van der Waals surface area contributed by atoms with Gasteiger partial charge in [-0.3, -0.25) is 9.36 Å². The number of hydrogen-bond acceptors (Lipinski definition) is 8. The summed E-state index contributed by atoms with van der Waals surface area (Å²) in [5.41, 5.74) is 2.54. The molecular formula is C29H26N2O5S2. The minimum atomic E-state index is -0.589. The first-order chi connectivity index (χ1) is 18.5. The Labute approximate surface area is 227 Å². The molecule has 4 aromatic rings. The van der Waals surface area contributed by atoms with Gasteiger partial charge < -0.3 is 14.2 Å². The first-order valence-electron chi connectivity index (χ1n) is 12.1. The number of carbonyl (C=O) groups is 1. The lowest BCUT2D eigenvalue weighted by Crippen LogP contribution is -2.39. The van der Waals surface area contributed by atoms with E-state index in [4.69, 9.17) is 14.2 Å². The molecule has 0 radical (unpaired) electrons. The van der Waals surface area contributed by atoms with Gasteiger partial charge in [0, 0.05) is 4.88 Å². The summed E-state index contributed by atoms with van der Waals surface area (Å²) in [5, 5.41) is 1.92. The average molecular weight is 547 g/mol. The molecule has 0 spiro atoms. The summed E-state index contributed by atoms with van der Waals surface area (Å²) in [6.45, 7) is 4.58. The van der Waals surface area contributed by atoms with Gasteiger partial charge in [0.05, 0.1) is 29.5 Å². The number of carbonyl (C=O) groups excluding carboxylic acids is 1. The van der Waals surface area contributed by atoms with Crippen molar-refractivity contribution >= 4 is 34.7 Å². The molecule has 0 aliphatic carbocycles. The zero-order chi connectivity index (χ0) is 26.6. The van der Waals surface area contributed by atoms with Crippen LogP contribution in [0, 0.1) is 0 Å². The largest absolute Gasteiger partial charge is 0.490 e. The molecule has 1 aliphatic heterocycles. The van der Waals surface area contributed by atoms with Gasteiger partial charge in [0.1, 0.15) is 12.6 Å². The van der Waals surface area contributed by atoms with Crippen molar-refractivity contribution in [3.8, 4) is 11.5 Å². The van der Waals surface area contributed by atoms with Crippen LogP contribution in [0.2, 0.25) is 0 Å². The Kier molecular flexibility index (Phi) is 7.57. The number of allylic oxidation sites excluding steroid dienone is 1. The minimum Gasteiger partial charge on any atom is -0.490 e. The van der Waals surface area contributed by atoms with E-state index < -0.39 is 12.0 Å². The molecule has 194 valence electrons. The van der Waals surface area contributed by atoms with Crippen LogP contribution in [-0.4, -0.2) is 24.3 Å². The van der Waals surface area contributed by atoms with Gasteiger partial charge in [-0.2, -0.15) is 0 Å². The number of ether oxygens (including phenoxy) is 3. The number of aromatic nitrogens is 1. The smallest absolute Gasteiger partial charge is 0.338 e. The molecule has 1 unspecified atom stereocenters. The standard InChI is InChI=1S/C29H26N2O5S2/c1-4-35-22-15-20(12-13-21(22)36-17-19-9-6-5-7-10-19)16-24-27(32)31-26(23-11-8-14-37-23)25(28(33)34-3)18(2)30-29(31)38-24/h5-16,26H,4,17H2,1-3H3. The molecule has 0 bridgehead atoms. The topological polar surface area (TPSA) is 79.1 Å². The third kappa shape index (κ3) is 5.07.